The Morgan fingerprint density at radius 2 is 2.11 bits per heavy atom. The minimum Gasteiger partial charge on any atom is -0.469 e. The maximum Gasteiger partial charge on any atom is 0.306 e. The molecule has 1 aromatic rings. The Hall–Kier alpha value is -1.86. The van der Waals surface area contributed by atoms with E-state index >= 15 is 0 Å². The molecule has 0 bridgehead atoms. The molecule has 0 fully saturated rings. The fraction of sp³-hybridized carbons (Fsp3) is 0.467. The van der Waals surface area contributed by atoms with E-state index in [0.29, 0.717) is 19.5 Å². The van der Waals surface area contributed by atoms with Crippen LogP contribution >= 0.6 is 0 Å². The lowest BCUT2D eigenvalue weighted by molar-refractivity contribution is -0.140. The number of carbonyl (C=O) groups is 1. The van der Waals surface area contributed by atoms with Crippen LogP contribution in [0.15, 0.2) is 30.3 Å². The smallest absolute Gasteiger partial charge is 0.306 e. The second kappa shape index (κ2) is 8.28. The highest BCUT2D eigenvalue weighted by Crippen LogP contribution is 2.16. The summed E-state index contributed by atoms with van der Waals surface area (Å²) in [6.45, 7) is 4.08. The lowest BCUT2D eigenvalue weighted by Crippen LogP contribution is -2.30. The molecular weight excluding hydrogens is 240 g/mol. The highest BCUT2D eigenvalue weighted by atomic mass is 16.5. The van der Waals surface area contributed by atoms with E-state index in [1.165, 1.54) is 7.11 Å². The normalized spacial score (nSPS) is 11.9. The summed E-state index contributed by atoms with van der Waals surface area (Å²) in [7, 11) is 1.39. The zero-order chi connectivity index (χ0) is 14.1. The van der Waals surface area contributed by atoms with E-state index in [2.05, 4.69) is 15.7 Å². The van der Waals surface area contributed by atoms with Gasteiger partial charge in [0, 0.05) is 13.1 Å². The number of hydrogen-bond donors (Lipinski definition) is 0. The summed E-state index contributed by atoms with van der Waals surface area (Å²) in [4.78, 5) is 13.2. The van der Waals surface area contributed by atoms with Gasteiger partial charge in [-0.3, -0.25) is 4.79 Å². The number of ether oxygens (including phenoxy) is 1. The standard InChI is InChI=1S/C15H20N2O2/c1-3-17(10-9-15(18)19-2)12-14(11-16)13-7-5-4-6-8-13/h4-8,14H,3,9-10,12H2,1-2H3. The Balaban J connectivity index is 2.58. The molecule has 0 saturated carbocycles. The van der Waals surface area contributed by atoms with Crippen molar-refractivity contribution in [3.8, 4) is 6.07 Å². The van der Waals surface area contributed by atoms with Crippen molar-refractivity contribution >= 4 is 5.97 Å². The third kappa shape index (κ3) is 5.11. The quantitative estimate of drug-likeness (QED) is 0.705. The first kappa shape index (κ1) is 15.2. The van der Waals surface area contributed by atoms with Gasteiger partial charge in [0.25, 0.3) is 0 Å². The number of hydrogen-bond acceptors (Lipinski definition) is 4. The van der Waals surface area contributed by atoms with Crippen LogP contribution in [0.2, 0.25) is 0 Å². The molecule has 0 aliphatic carbocycles. The van der Waals surface area contributed by atoms with Crippen LogP contribution in [0.25, 0.3) is 0 Å². The predicted octanol–water partition coefficient (Wildman–Crippen LogP) is 2.18. The minimum atomic E-state index is -0.216. The minimum absolute atomic E-state index is 0.168. The number of likely N-dealkylation sites (N-methyl/N-ethyl adjacent to an activating group) is 1. The third-order valence-corrected chi connectivity index (χ3v) is 3.11. The second-order valence-corrected chi connectivity index (χ2v) is 4.31. The van der Waals surface area contributed by atoms with E-state index in [0.717, 1.165) is 12.1 Å². The zero-order valence-corrected chi connectivity index (χ0v) is 11.5. The number of esters is 1. The van der Waals surface area contributed by atoms with Gasteiger partial charge in [0.15, 0.2) is 0 Å². The van der Waals surface area contributed by atoms with Gasteiger partial charge in [0.2, 0.25) is 0 Å². The summed E-state index contributed by atoms with van der Waals surface area (Å²) in [5.41, 5.74) is 1.02. The van der Waals surface area contributed by atoms with Gasteiger partial charge in [-0.15, -0.1) is 0 Å². The van der Waals surface area contributed by atoms with Crippen molar-refractivity contribution in [2.75, 3.05) is 26.7 Å². The second-order valence-electron chi connectivity index (χ2n) is 4.31. The van der Waals surface area contributed by atoms with Gasteiger partial charge in [-0.25, -0.2) is 0 Å². The van der Waals surface area contributed by atoms with Gasteiger partial charge in [-0.2, -0.15) is 5.26 Å². The lowest BCUT2D eigenvalue weighted by atomic mass is 10.00. The van der Waals surface area contributed by atoms with Gasteiger partial charge < -0.3 is 9.64 Å². The molecule has 0 heterocycles. The number of nitriles is 1. The molecule has 1 aromatic carbocycles. The van der Waals surface area contributed by atoms with E-state index < -0.39 is 0 Å². The van der Waals surface area contributed by atoms with Gasteiger partial charge in [-0.05, 0) is 12.1 Å². The van der Waals surface area contributed by atoms with Crippen molar-refractivity contribution in [2.45, 2.75) is 19.3 Å². The molecule has 4 heteroatoms. The fourth-order valence-electron chi connectivity index (χ4n) is 1.89. The fourth-order valence-corrected chi connectivity index (χ4v) is 1.89. The highest BCUT2D eigenvalue weighted by Gasteiger charge is 2.15. The molecule has 4 nitrogen and oxygen atoms in total. The maximum absolute atomic E-state index is 11.1. The molecule has 0 radical (unpaired) electrons. The molecular formula is C15H20N2O2. The maximum atomic E-state index is 11.1. The molecule has 102 valence electrons. The molecule has 0 amide bonds. The Labute approximate surface area is 114 Å². The van der Waals surface area contributed by atoms with Gasteiger partial charge in [-0.1, -0.05) is 37.3 Å². The summed E-state index contributed by atoms with van der Waals surface area (Å²) in [6.07, 6.45) is 0.358. The molecule has 19 heavy (non-hydrogen) atoms. The summed E-state index contributed by atoms with van der Waals surface area (Å²) >= 11 is 0. The van der Waals surface area contributed by atoms with Gasteiger partial charge in [0.1, 0.15) is 0 Å². The molecule has 0 spiro atoms. The SMILES string of the molecule is CCN(CCC(=O)OC)CC(C#N)c1ccccc1. The van der Waals surface area contributed by atoms with Crippen LogP contribution in [0.3, 0.4) is 0 Å². The van der Waals surface area contributed by atoms with Crippen LogP contribution in [0.1, 0.15) is 24.8 Å². The molecule has 0 aliphatic rings. The topological polar surface area (TPSA) is 53.3 Å². The molecule has 1 atom stereocenters. The Bertz CT molecular complexity index is 426. The van der Waals surface area contributed by atoms with E-state index in [1.807, 2.05) is 37.3 Å². The number of rotatable bonds is 7. The average molecular weight is 260 g/mol. The monoisotopic (exact) mass is 260 g/mol. The molecule has 0 saturated heterocycles. The molecule has 0 N–H and O–H groups in total. The zero-order valence-electron chi connectivity index (χ0n) is 11.5. The van der Waals surface area contributed by atoms with E-state index in [1.54, 1.807) is 0 Å². The third-order valence-electron chi connectivity index (χ3n) is 3.11. The summed E-state index contributed by atoms with van der Waals surface area (Å²) in [5, 5.41) is 9.28. The Kier molecular flexibility index (Phi) is 6.62. The Morgan fingerprint density at radius 3 is 2.63 bits per heavy atom. The molecule has 1 rings (SSSR count). The van der Waals surface area contributed by atoms with Crippen LogP contribution in [0, 0.1) is 11.3 Å². The summed E-state index contributed by atoms with van der Waals surface area (Å²) in [5.74, 6) is -0.384. The Morgan fingerprint density at radius 1 is 1.42 bits per heavy atom. The molecule has 1 unspecified atom stereocenters. The molecule has 0 aromatic heterocycles. The van der Waals surface area contributed by atoms with E-state index in [4.69, 9.17) is 0 Å². The number of benzene rings is 1. The molecule has 0 aliphatic heterocycles. The van der Waals surface area contributed by atoms with E-state index in [9.17, 15) is 10.1 Å². The van der Waals surface area contributed by atoms with Crippen molar-refractivity contribution in [2.24, 2.45) is 0 Å². The van der Waals surface area contributed by atoms with Crippen LogP contribution in [-0.4, -0.2) is 37.6 Å². The van der Waals surface area contributed by atoms with Crippen molar-refractivity contribution in [1.82, 2.24) is 4.90 Å². The summed E-state index contributed by atoms with van der Waals surface area (Å²) in [6, 6.07) is 12.1. The first-order chi connectivity index (χ1) is 9.21. The average Bonchev–Trinajstić information content (AvgIpc) is 2.48. The first-order valence-corrected chi connectivity index (χ1v) is 6.45. The van der Waals surface area contributed by atoms with E-state index in [-0.39, 0.29) is 11.9 Å². The van der Waals surface area contributed by atoms with Crippen molar-refractivity contribution in [3.05, 3.63) is 35.9 Å². The van der Waals surface area contributed by atoms with Crippen molar-refractivity contribution in [1.29, 1.82) is 5.26 Å². The highest BCUT2D eigenvalue weighted by molar-refractivity contribution is 5.69. The van der Waals surface area contributed by atoms with Crippen LogP contribution < -0.4 is 0 Å². The lowest BCUT2D eigenvalue weighted by Gasteiger charge is -2.22. The van der Waals surface area contributed by atoms with Gasteiger partial charge >= 0.3 is 5.97 Å². The van der Waals surface area contributed by atoms with Crippen LogP contribution in [0.5, 0.6) is 0 Å². The number of carbonyl (C=O) groups excluding carboxylic acids is 1. The largest absolute Gasteiger partial charge is 0.469 e. The first-order valence-electron chi connectivity index (χ1n) is 6.45. The number of nitrogens with zero attached hydrogens (tertiary/aromatic N) is 2. The van der Waals surface area contributed by atoms with Crippen LogP contribution in [0.4, 0.5) is 0 Å². The number of methoxy groups -OCH3 is 1. The van der Waals surface area contributed by atoms with Crippen molar-refractivity contribution in [3.63, 3.8) is 0 Å². The van der Waals surface area contributed by atoms with Crippen LogP contribution in [-0.2, 0) is 9.53 Å². The van der Waals surface area contributed by atoms with Crippen molar-refractivity contribution < 1.29 is 9.53 Å². The summed E-state index contributed by atoms with van der Waals surface area (Å²) < 4.78 is 4.63. The van der Waals surface area contributed by atoms with Gasteiger partial charge in [0.05, 0.1) is 25.5 Å². The predicted molar refractivity (Wildman–Crippen MR) is 73.5 cm³/mol.